The van der Waals surface area contributed by atoms with E-state index in [-0.39, 0.29) is 18.2 Å². The molecule has 1 aliphatic rings. The lowest BCUT2D eigenvalue weighted by Gasteiger charge is -2.29. The molecular weight excluding hydrogens is 268 g/mol. The van der Waals surface area contributed by atoms with Crippen molar-refractivity contribution in [3.05, 3.63) is 34.3 Å². The Morgan fingerprint density at radius 2 is 2.00 bits per heavy atom. The van der Waals surface area contributed by atoms with Gasteiger partial charge in [-0.1, -0.05) is 13.0 Å². The summed E-state index contributed by atoms with van der Waals surface area (Å²) in [6.07, 6.45) is 0.455. The molecule has 5 heteroatoms. The summed E-state index contributed by atoms with van der Waals surface area (Å²) in [5.41, 5.74) is 2.45. The van der Waals surface area contributed by atoms with E-state index in [0.717, 1.165) is 11.1 Å². The Hall–Kier alpha value is -1.59. The van der Waals surface area contributed by atoms with Crippen LogP contribution in [0.5, 0.6) is 0 Å². The molecule has 0 saturated carbocycles. The Bertz CT molecular complexity index is 690. The highest BCUT2D eigenvalue weighted by atomic mass is 16.5. The third-order valence-corrected chi connectivity index (χ3v) is 4.82. The smallest absolute Gasteiger partial charge is 0.408 e. The molecule has 1 aromatic carbocycles. The van der Waals surface area contributed by atoms with E-state index in [1.165, 1.54) is 0 Å². The van der Waals surface area contributed by atoms with Gasteiger partial charge in [-0.3, -0.25) is 4.98 Å². The van der Waals surface area contributed by atoms with Crippen molar-refractivity contribution in [2.24, 2.45) is 11.8 Å². The van der Waals surface area contributed by atoms with Gasteiger partial charge in [0, 0.05) is 12.0 Å². The summed E-state index contributed by atoms with van der Waals surface area (Å²) in [7, 11) is 1.96. The fourth-order valence-corrected chi connectivity index (χ4v) is 3.61. The fraction of sp³-hybridized carbons (Fsp3) is 0.562. The normalized spacial score (nSPS) is 30.9. The lowest BCUT2D eigenvalue weighted by atomic mass is 9.80. The standard InChI is InChI=1S/C16H22N2O3/c1-8-9(2)20-10(3)14(8)15(17-4)11-5-6-12-13(7-11)21-16(19)18-12/h5-10,14-15,17H,1-4H3,(H,18,19). The highest BCUT2D eigenvalue weighted by Gasteiger charge is 2.41. The van der Waals surface area contributed by atoms with Crippen LogP contribution in [0.15, 0.2) is 27.4 Å². The highest BCUT2D eigenvalue weighted by Crippen LogP contribution is 2.40. The first-order chi connectivity index (χ1) is 10.0. The van der Waals surface area contributed by atoms with E-state index < -0.39 is 5.76 Å². The van der Waals surface area contributed by atoms with Gasteiger partial charge >= 0.3 is 5.76 Å². The Morgan fingerprint density at radius 3 is 2.62 bits per heavy atom. The first-order valence-corrected chi connectivity index (χ1v) is 7.46. The molecule has 0 bridgehead atoms. The molecule has 2 aromatic rings. The number of hydrogen-bond acceptors (Lipinski definition) is 4. The van der Waals surface area contributed by atoms with Crippen molar-refractivity contribution in [3.63, 3.8) is 0 Å². The van der Waals surface area contributed by atoms with Crippen molar-refractivity contribution >= 4 is 11.1 Å². The van der Waals surface area contributed by atoms with Crippen LogP contribution in [0.3, 0.4) is 0 Å². The lowest BCUT2D eigenvalue weighted by Crippen LogP contribution is -2.33. The predicted molar refractivity (Wildman–Crippen MR) is 81.3 cm³/mol. The first-order valence-electron chi connectivity index (χ1n) is 7.46. The number of nitrogens with one attached hydrogen (secondary N) is 2. The molecule has 5 unspecified atom stereocenters. The number of H-pyrrole nitrogens is 1. The molecule has 114 valence electrons. The summed E-state index contributed by atoms with van der Waals surface area (Å²) in [6, 6.07) is 6.05. The monoisotopic (exact) mass is 290 g/mol. The van der Waals surface area contributed by atoms with Crippen molar-refractivity contribution in [2.45, 2.75) is 39.0 Å². The molecule has 0 radical (unpaired) electrons. The zero-order valence-electron chi connectivity index (χ0n) is 12.8. The Balaban J connectivity index is 1.99. The number of rotatable bonds is 3. The van der Waals surface area contributed by atoms with Crippen LogP contribution in [-0.2, 0) is 4.74 Å². The second kappa shape index (κ2) is 5.31. The minimum absolute atomic E-state index is 0.171. The topological polar surface area (TPSA) is 67.3 Å². The van der Waals surface area contributed by atoms with Crippen LogP contribution in [0.25, 0.3) is 11.1 Å². The second-order valence-corrected chi connectivity index (χ2v) is 6.02. The van der Waals surface area contributed by atoms with Crippen LogP contribution in [-0.4, -0.2) is 24.2 Å². The van der Waals surface area contributed by atoms with Crippen molar-refractivity contribution in [2.75, 3.05) is 7.05 Å². The molecule has 0 aliphatic carbocycles. The summed E-state index contributed by atoms with van der Waals surface area (Å²) >= 11 is 0. The van der Waals surface area contributed by atoms with Gasteiger partial charge in [0.25, 0.3) is 0 Å². The Morgan fingerprint density at radius 1 is 1.24 bits per heavy atom. The maximum absolute atomic E-state index is 11.3. The number of fused-ring (bicyclic) bond motifs is 1. The van der Waals surface area contributed by atoms with E-state index in [9.17, 15) is 4.79 Å². The van der Waals surface area contributed by atoms with E-state index >= 15 is 0 Å². The Kier molecular flexibility index (Phi) is 3.63. The SMILES string of the molecule is CNC(c1ccc2[nH]c(=O)oc2c1)C1C(C)OC(C)C1C. The average Bonchev–Trinajstić information content (AvgIpc) is 2.92. The molecule has 1 aliphatic heterocycles. The molecular formula is C16H22N2O3. The van der Waals surface area contributed by atoms with Gasteiger partial charge in [-0.05, 0) is 44.5 Å². The first kappa shape index (κ1) is 14.4. The van der Waals surface area contributed by atoms with E-state index in [1.807, 2.05) is 25.2 Å². The molecule has 3 rings (SSSR count). The number of ether oxygens (including phenoxy) is 1. The van der Waals surface area contributed by atoms with Gasteiger partial charge in [0.05, 0.1) is 17.7 Å². The van der Waals surface area contributed by atoms with Crippen LogP contribution in [0, 0.1) is 11.8 Å². The molecule has 0 spiro atoms. The Labute approximate surface area is 123 Å². The minimum Gasteiger partial charge on any atom is -0.408 e. The van der Waals surface area contributed by atoms with E-state index in [1.54, 1.807) is 0 Å². The summed E-state index contributed by atoms with van der Waals surface area (Å²) in [6.45, 7) is 6.49. The molecule has 1 fully saturated rings. The van der Waals surface area contributed by atoms with Crippen LogP contribution < -0.4 is 11.1 Å². The minimum atomic E-state index is -0.414. The van der Waals surface area contributed by atoms with Gasteiger partial charge in [-0.15, -0.1) is 0 Å². The number of aromatic nitrogens is 1. The average molecular weight is 290 g/mol. The van der Waals surface area contributed by atoms with Crippen LogP contribution in [0.1, 0.15) is 32.4 Å². The predicted octanol–water partition coefficient (Wildman–Crippen LogP) is 2.44. The summed E-state index contributed by atoms with van der Waals surface area (Å²) in [4.78, 5) is 14.0. The lowest BCUT2D eigenvalue weighted by molar-refractivity contribution is 0.0478. The molecule has 21 heavy (non-hydrogen) atoms. The third-order valence-electron chi connectivity index (χ3n) is 4.82. The van der Waals surface area contributed by atoms with Crippen molar-refractivity contribution < 1.29 is 9.15 Å². The van der Waals surface area contributed by atoms with Gasteiger partial charge in [-0.25, -0.2) is 4.79 Å². The van der Waals surface area contributed by atoms with Gasteiger partial charge in [-0.2, -0.15) is 0 Å². The largest absolute Gasteiger partial charge is 0.417 e. The summed E-state index contributed by atoms with van der Waals surface area (Å²) < 4.78 is 11.1. The molecule has 0 amide bonds. The molecule has 1 aromatic heterocycles. The quantitative estimate of drug-likeness (QED) is 0.911. The second-order valence-electron chi connectivity index (χ2n) is 6.02. The van der Waals surface area contributed by atoms with Crippen molar-refractivity contribution in [1.29, 1.82) is 0 Å². The van der Waals surface area contributed by atoms with Crippen LogP contribution >= 0.6 is 0 Å². The molecule has 5 nitrogen and oxygen atoms in total. The van der Waals surface area contributed by atoms with Gasteiger partial charge in [0.15, 0.2) is 5.58 Å². The number of aromatic amines is 1. The third kappa shape index (κ3) is 2.40. The number of oxazole rings is 1. The van der Waals surface area contributed by atoms with Crippen molar-refractivity contribution in [3.8, 4) is 0 Å². The van der Waals surface area contributed by atoms with Gasteiger partial charge in [0.1, 0.15) is 0 Å². The zero-order valence-corrected chi connectivity index (χ0v) is 12.8. The van der Waals surface area contributed by atoms with Crippen molar-refractivity contribution in [1.82, 2.24) is 10.3 Å². The van der Waals surface area contributed by atoms with Gasteiger partial charge < -0.3 is 14.5 Å². The highest BCUT2D eigenvalue weighted by molar-refractivity contribution is 5.72. The maximum atomic E-state index is 11.3. The van der Waals surface area contributed by atoms with E-state index in [2.05, 4.69) is 31.1 Å². The van der Waals surface area contributed by atoms with E-state index in [0.29, 0.717) is 17.4 Å². The summed E-state index contributed by atoms with van der Waals surface area (Å²) in [5, 5.41) is 3.40. The molecule has 5 atom stereocenters. The molecule has 2 N–H and O–H groups in total. The molecule has 2 heterocycles. The van der Waals surface area contributed by atoms with Gasteiger partial charge in [0.2, 0.25) is 0 Å². The number of hydrogen-bond donors (Lipinski definition) is 2. The van der Waals surface area contributed by atoms with Crippen LogP contribution in [0.4, 0.5) is 0 Å². The fourth-order valence-electron chi connectivity index (χ4n) is 3.61. The molecule has 1 saturated heterocycles. The zero-order chi connectivity index (χ0) is 15.1. The summed E-state index contributed by atoms with van der Waals surface area (Å²) in [5.74, 6) is 0.433. The van der Waals surface area contributed by atoms with Crippen LogP contribution in [0.2, 0.25) is 0 Å². The number of benzene rings is 1. The maximum Gasteiger partial charge on any atom is 0.417 e. The van der Waals surface area contributed by atoms with E-state index in [4.69, 9.17) is 9.15 Å².